The summed E-state index contributed by atoms with van der Waals surface area (Å²) in [4.78, 5) is 23.3. The summed E-state index contributed by atoms with van der Waals surface area (Å²) in [5.41, 5.74) is 1.26. The highest BCUT2D eigenvalue weighted by molar-refractivity contribution is 5.94. The number of nitrogens with one attached hydrogen (secondary N) is 1. The Hall–Kier alpha value is -2.04. The molecule has 1 aromatic rings. The Morgan fingerprint density at radius 1 is 1.37 bits per heavy atom. The van der Waals surface area contributed by atoms with E-state index in [-0.39, 0.29) is 18.6 Å². The van der Waals surface area contributed by atoms with Gasteiger partial charge in [-0.2, -0.15) is 0 Å². The molecule has 0 heterocycles. The van der Waals surface area contributed by atoms with Crippen molar-refractivity contribution in [3.8, 4) is 5.75 Å². The molecule has 1 aromatic carbocycles. The van der Waals surface area contributed by atoms with Gasteiger partial charge in [0.1, 0.15) is 11.3 Å². The predicted octanol–water partition coefficient (Wildman–Crippen LogP) is 1.44. The smallest absolute Gasteiger partial charge is 0.342 e. The molecule has 1 aliphatic rings. The lowest BCUT2D eigenvalue weighted by Crippen LogP contribution is -2.30. The minimum absolute atomic E-state index is 0.258. The van der Waals surface area contributed by atoms with E-state index < -0.39 is 5.97 Å². The molecule has 1 saturated carbocycles. The highest BCUT2D eigenvalue weighted by Gasteiger charge is 2.24. The zero-order chi connectivity index (χ0) is 13.8. The van der Waals surface area contributed by atoms with Gasteiger partial charge in [-0.25, -0.2) is 4.79 Å². The lowest BCUT2D eigenvalue weighted by molar-refractivity contribution is -0.124. The van der Waals surface area contributed by atoms with Gasteiger partial charge in [0, 0.05) is 6.04 Å². The number of ether oxygens (including phenoxy) is 2. The number of hydrogen-bond donors (Lipinski definition) is 1. The monoisotopic (exact) mass is 263 g/mol. The van der Waals surface area contributed by atoms with E-state index in [1.54, 1.807) is 12.1 Å². The molecule has 102 valence electrons. The van der Waals surface area contributed by atoms with Crippen LogP contribution in [0.15, 0.2) is 18.2 Å². The van der Waals surface area contributed by atoms with Crippen LogP contribution in [-0.4, -0.2) is 31.6 Å². The van der Waals surface area contributed by atoms with Crippen molar-refractivity contribution in [3.05, 3.63) is 29.3 Å². The molecule has 0 unspecified atom stereocenters. The Kier molecular flexibility index (Phi) is 4.04. The van der Waals surface area contributed by atoms with E-state index in [2.05, 4.69) is 5.32 Å². The fourth-order valence-corrected chi connectivity index (χ4v) is 1.69. The van der Waals surface area contributed by atoms with Crippen LogP contribution in [0.2, 0.25) is 0 Å². The summed E-state index contributed by atoms with van der Waals surface area (Å²) in [6, 6.07) is 5.49. The van der Waals surface area contributed by atoms with Crippen LogP contribution in [-0.2, 0) is 9.53 Å². The molecule has 1 aliphatic carbocycles. The van der Waals surface area contributed by atoms with Crippen LogP contribution in [0.25, 0.3) is 0 Å². The number of hydrogen-bond acceptors (Lipinski definition) is 4. The van der Waals surface area contributed by atoms with E-state index >= 15 is 0 Å². The van der Waals surface area contributed by atoms with Crippen LogP contribution < -0.4 is 10.1 Å². The van der Waals surface area contributed by atoms with Crippen molar-refractivity contribution in [1.82, 2.24) is 5.32 Å². The Morgan fingerprint density at radius 2 is 2.11 bits per heavy atom. The molecule has 0 spiro atoms. The van der Waals surface area contributed by atoms with Gasteiger partial charge in [0.05, 0.1) is 7.11 Å². The Balaban J connectivity index is 1.94. The average molecular weight is 263 g/mol. The lowest BCUT2D eigenvalue weighted by atomic mass is 10.1. The first-order chi connectivity index (χ1) is 9.10. The molecule has 0 bridgehead atoms. The number of aryl methyl sites for hydroxylation is 1. The SMILES string of the molecule is COc1ccc(C)cc1C(=O)OCC(=O)NC1CC1. The van der Waals surface area contributed by atoms with E-state index in [4.69, 9.17) is 9.47 Å². The molecule has 5 heteroatoms. The zero-order valence-electron chi connectivity index (χ0n) is 11.1. The molecule has 2 rings (SSSR count). The third-order valence-electron chi connectivity index (χ3n) is 2.85. The first-order valence-corrected chi connectivity index (χ1v) is 6.21. The summed E-state index contributed by atoms with van der Waals surface area (Å²) in [5.74, 6) is -0.368. The van der Waals surface area contributed by atoms with E-state index in [1.165, 1.54) is 7.11 Å². The van der Waals surface area contributed by atoms with Gasteiger partial charge < -0.3 is 14.8 Å². The minimum atomic E-state index is -0.550. The van der Waals surface area contributed by atoms with E-state index in [0.29, 0.717) is 11.3 Å². The van der Waals surface area contributed by atoms with Gasteiger partial charge >= 0.3 is 5.97 Å². The molecule has 1 fully saturated rings. The highest BCUT2D eigenvalue weighted by Crippen LogP contribution is 2.21. The normalized spacial score (nSPS) is 13.8. The van der Waals surface area contributed by atoms with Crippen molar-refractivity contribution in [2.45, 2.75) is 25.8 Å². The Labute approximate surface area is 111 Å². The van der Waals surface area contributed by atoms with E-state index in [1.807, 2.05) is 13.0 Å². The second kappa shape index (κ2) is 5.73. The van der Waals surface area contributed by atoms with Crippen molar-refractivity contribution in [3.63, 3.8) is 0 Å². The Morgan fingerprint density at radius 3 is 2.74 bits per heavy atom. The molecule has 0 aliphatic heterocycles. The van der Waals surface area contributed by atoms with Gasteiger partial charge in [-0.1, -0.05) is 11.6 Å². The summed E-state index contributed by atoms with van der Waals surface area (Å²) < 4.78 is 10.1. The largest absolute Gasteiger partial charge is 0.496 e. The molecule has 0 atom stereocenters. The number of methoxy groups -OCH3 is 1. The van der Waals surface area contributed by atoms with Gasteiger partial charge in [0.15, 0.2) is 6.61 Å². The molecular weight excluding hydrogens is 246 g/mol. The molecule has 0 aromatic heterocycles. The Bertz CT molecular complexity index is 494. The van der Waals surface area contributed by atoms with E-state index in [0.717, 1.165) is 18.4 Å². The number of rotatable bonds is 5. The van der Waals surface area contributed by atoms with Crippen LogP contribution in [0, 0.1) is 6.92 Å². The van der Waals surface area contributed by atoms with Crippen LogP contribution >= 0.6 is 0 Å². The van der Waals surface area contributed by atoms with Crippen LogP contribution in [0.3, 0.4) is 0 Å². The third-order valence-corrected chi connectivity index (χ3v) is 2.85. The summed E-state index contributed by atoms with van der Waals surface area (Å²) in [7, 11) is 1.49. The summed E-state index contributed by atoms with van der Waals surface area (Å²) in [6.45, 7) is 1.61. The standard InChI is InChI=1S/C14H17NO4/c1-9-3-6-12(18-2)11(7-9)14(17)19-8-13(16)15-10-4-5-10/h3,6-7,10H,4-5,8H2,1-2H3,(H,15,16). The number of carbonyl (C=O) groups excluding carboxylic acids is 2. The van der Waals surface area contributed by atoms with Crippen LogP contribution in [0.4, 0.5) is 0 Å². The summed E-state index contributed by atoms with van der Waals surface area (Å²) >= 11 is 0. The first-order valence-electron chi connectivity index (χ1n) is 6.21. The van der Waals surface area contributed by atoms with Crippen molar-refractivity contribution in [2.75, 3.05) is 13.7 Å². The molecule has 1 amide bonds. The minimum Gasteiger partial charge on any atom is -0.496 e. The highest BCUT2D eigenvalue weighted by atomic mass is 16.5. The second-order valence-corrected chi connectivity index (χ2v) is 4.62. The molecule has 5 nitrogen and oxygen atoms in total. The maximum Gasteiger partial charge on any atom is 0.342 e. The van der Waals surface area contributed by atoms with Crippen molar-refractivity contribution in [1.29, 1.82) is 0 Å². The molecular formula is C14H17NO4. The van der Waals surface area contributed by atoms with Crippen molar-refractivity contribution >= 4 is 11.9 Å². The van der Waals surface area contributed by atoms with Crippen molar-refractivity contribution in [2.24, 2.45) is 0 Å². The number of esters is 1. The molecule has 19 heavy (non-hydrogen) atoms. The lowest BCUT2D eigenvalue weighted by Gasteiger charge is -2.09. The maximum absolute atomic E-state index is 11.9. The van der Waals surface area contributed by atoms with Gasteiger partial charge in [0.2, 0.25) is 0 Å². The van der Waals surface area contributed by atoms with Gasteiger partial charge in [0.25, 0.3) is 5.91 Å². The quantitative estimate of drug-likeness (QED) is 0.816. The van der Waals surface area contributed by atoms with Crippen LogP contribution in [0.5, 0.6) is 5.75 Å². The average Bonchev–Trinajstić information content (AvgIpc) is 3.19. The number of amides is 1. The van der Waals surface area contributed by atoms with Crippen molar-refractivity contribution < 1.29 is 19.1 Å². The van der Waals surface area contributed by atoms with Gasteiger partial charge in [-0.15, -0.1) is 0 Å². The summed E-state index contributed by atoms with van der Waals surface area (Å²) in [6.07, 6.45) is 2.01. The topological polar surface area (TPSA) is 64.6 Å². The fourth-order valence-electron chi connectivity index (χ4n) is 1.69. The predicted molar refractivity (Wildman–Crippen MR) is 69.2 cm³/mol. The number of benzene rings is 1. The third kappa shape index (κ3) is 3.71. The molecule has 0 saturated heterocycles. The second-order valence-electron chi connectivity index (χ2n) is 4.62. The van der Waals surface area contributed by atoms with E-state index in [9.17, 15) is 9.59 Å². The summed E-state index contributed by atoms with van der Waals surface area (Å²) in [5, 5.41) is 2.75. The number of carbonyl (C=O) groups is 2. The van der Waals surface area contributed by atoms with Crippen LogP contribution in [0.1, 0.15) is 28.8 Å². The molecule has 0 radical (unpaired) electrons. The first kappa shape index (κ1) is 13.4. The maximum atomic E-state index is 11.9. The van der Waals surface area contributed by atoms with Gasteiger partial charge in [-0.05, 0) is 31.9 Å². The fraction of sp³-hybridized carbons (Fsp3) is 0.429. The zero-order valence-corrected chi connectivity index (χ0v) is 11.1. The molecule has 1 N–H and O–H groups in total. The van der Waals surface area contributed by atoms with Gasteiger partial charge in [-0.3, -0.25) is 4.79 Å².